The predicted molar refractivity (Wildman–Crippen MR) is 77.4 cm³/mol. The van der Waals surface area contributed by atoms with Crippen molar-refractivity contribution in [3.63, 3.8) is 0 Å². The summed E-state index contributed by atoms with van der Waals surface area (Å²) in [6.45, 7) is 0.500. The van der Waals surface area contributed by atoms with Gasteiger partial charge in [-0.2, -0.15) is 5.10 Å². The van der Waals surface area contributed by atoms with Crippen LogP contribution in [0.5, 0.6) is 0 Å². The van der Waals surface area contributed by atoms with Crippen molar-refractivity contribution >= 4 is 5.91 Å². The lowest BCUT2D eigenvalue weighted by Crippen LogP contribution is -2.22. The summed E-state index contributed by atoms with van der Waals surface area (Å²) in [5.74, 6) is 0.655. The third kappa shape index (κ3) is 2.90. The number of rotatable bonds is 4. The van der Waals surface area contributed by atoms with Crippen LogP contribution in [-0.2, 0) is 6.54 Å². The maximum atomic E-state index is 12.0. The lowest BCUT2D eigenvalue weighted by molar-refractivity contribution is 0.0951. The Morgan fingerprint density at radius 2 is 2.00 bits per heavy atom. The zero-order valence-corrected chi connectivity index (χ0v) is 11.4. The Balaban J connectivity index is 1.60. The number of hydrogen-bond acceptors (Lipinski definition) is 2. The molecule has 0 radical (unpaired) electrons. The summed E-state index contributed by atoms with van der Waals surface area (Å²) >= 11 is 0. The van der Waals surface area contributed by atoms with Crippen molar-refractivity contribution in [2.45, 2.75) is 38.1 Å². The first-order chi connectivity index (χ1) is 9.83. The summed E-state index contributed by atoms with van der Waals surface area (Å²) in [5.41, 5.74) is 3.06. The average Bonchev–Trinajstić information content (AvgIpc) is 3.18. The monoisotopic (exact) mass is 269 g/mol. The lowest BCUT2D eigenvalue weighted by Gasteiger charge is -2.10. The first-order valence-electron chi connectivity index (χ1n) is 7.19. The largest absolute Gasteiger partial charge is 0.348 e. The van der Waals surface area contributed by atoms with Gasteiger partial charge in [-0.1, -0.05) is 25.0 Å². The number of carbonyl (C=O) groups is 1. The first-order valence-corrected chi connectivity index (χ1v) is 7.19. The molecule has 4 nitrogen and oxygen atoms in total. The van der Waals surface area contributed by atoms with Crippen LogP contribution in [0.4, 0.5) is 0 Å². The molecule has 1 aromatic heterocycles. The fraction of sp³-hybridized carbons (Fsp3) is 0.375. The van der Waals surface area contributed by atoms with E-state index in [1.54, 1.807) is 12.4 Å². The van der Waals surface area contributed by atoms with Crippen molar-refractivity contribution in [3.8, 4) is 0 Å². The minimum atomic E-state index is -0.0378. The molecule has 20 heavy (non-hydrogen) atoms. The highest BCUT2D eigenvalue weighted by Crippen LogP contribution is 2.33. The number of amides is 1. The zero-order valence-electron chi connectivity index (χ0n) is 11.4. The van der Waals surface area contributed by atoms with E-state index in [0.29, 0.717) is 12.5 Å². The smallest absolute Gasteiger partial charge is 0.251 e. The average molecular weight is 269 g/mol. The molecule has 1 fully saturated rings. The highest BCUT2D eigenvalue weighted by molar-refractivity contribution is 5.94. The van der Waals surface area contributed by atoms with E-state index in [-0.39, 0.29) is 5.91 Å². The van der Waals surface area contributed by atoms with E-state index in [1.165, 1.54) is 31.2 Å². The van der Waals surface area contributed by atoms with Crippen molar-refractivity contribution in [3.05, 3.63) is 53.3 Å². The van der Waals surface area contributed by atoms with Gasteiger partial charge in [0.25, 0.3) is 5.91 Å². The fourth-order valence-corrected chi connectivity index (χ4v) is 2.82. The Hall–Kier alpha value is -2.10. The van der Waals surface area contributed by atoms with Gasteiger partial charge in [-0.25, -0.2) is 0 Å². The van der Waals surface area contributed by atoms with Crippen LogP contribution in [0.25, 0.3) is 0 Å². The molecular formula is C16H19N3O. The zero-order chi connectivity index (χ0) is 13.8. The van der Waals surface area contributed by atoms with Gasteiger partial charge >= 0.3 is 0 Å². The van der Waals surface area contributed by atoms with Gasteiger partial charge in [0.1, 0.15) is 0 Å². The van der Waals surface area contributed by atoms with Crippen LogP contribution in [0.1, 0.15) is 53.1 Å². The van der Waals surface area contributed by atoms with Gasteiger partial charge in [-0.3, -0.25) is 9.89 Å². The van der Waals surface area contributed by atoms with Crippen molar-refractivity contribution in [1.82, 2.24) is 15.5 Å². The minimum Gasteiger partial charge on any atom is -0.348 e. The molecule has 0 spiro atoms. The van der Waals surface area contributed by atoms with E-state index in [0.717, 1.165) is 11.1 Å². The highest BCUT2D eigenvalue weighted by atomic mass is 16.1. The molecule has 104 valence electrons. The Morgan fingerprint density at radius 1 is 1.25 bits per heavy atom. The van der Waals surface area contributed by atoms with Gasteiger partial charge in [0, 0.05) is 23.9 Å². The number of aromatic nitrogens is 2. The van der Waals surface area contributed by atoms with Gasteiger partial charge < -0.3 is 5.32 Å². The van der Waals surface area contributed by atoms with Crippen LogP contribution in [0.2, 0.25) is 0 Å². The molecule has 2 N–H and O–H groups in total. The summed E-state index contributed by atoms with van der Waals surface area (Å²) < 4.78 is 0. The quantitative estimate of drug-likeness (QED) is 0.896. The number of nitrogens with one attached hydrogen (secondary N) is 2. The van der Waals surface area contributed by atoms with Gasteiger partial charge in [0.2, 0.25) is 0 Å². The Morgan fingerprint density at radius 3 is 2.65 bits per heavy atom. The van der Waals surface area contributed by atoms with Gasteiger partial charge in [0.15, 0.2) is 0 Å². The molecule has 1 heterocycles. The second-order valence-electron chi connectivity index (χ2n) is 5.39. The molecule has 0 aliphatic heterocycles. The highest BCUT2D eigenvalue weighted by Gasteiger charge is 2.17. The topological polar surface area (TPSA) is 57.8 Å². The van der Waals surface area contributed by atoms with Crippen molar-refractivity contribution in [2.24, 2.45) is 0 Å². The van der Waals surface area contributed by atoms with Crippen molar-refractivity contribution < 1.29 is 4.79 Å². The van der Waals surface area contributed by atoms with Crippen LogP contribution in [0.15, 0.2) is 36.7 Å². The Kier molecular flexibility index (Phi) is 3.81. The van der Waals surface area contributed by atoms with E-state index in [1.807, 2.05) is 12.1 Å². The second-order valence-corrected chi connectivity index (χ2v) is 5.39. The van der Waals surface area contributed by atoms with Crippen LogP contribution in [-0.4, -0.2) is 16.1 Å². The maximum Gasteiger partial charge on any atom is 0.251 e. The minimum absolute atomic E-state index is 0.0378. The van der Waals surface area contributed by atoms with Crippen molar-refractivity contribution in [1.29, 1.82) is 0 Å². The second kappa shape index (κ2) is 5.90. The molecule has 2 aromatic rings. The van der Waals surface area contributed by atoms with E-state index in [2.05, 4.69) is 27.6 Å². The SMILES string of the molecule is O=C(NCc1cn[nH]c1)c1ccc(C2CCCC2)cc1. The molecule has 1 amide bonds. The van der Waals surface area contributed by atoms with Gasteiger partial charge in [0.05, 0.1) is 6.20 Å². The normalized spacial score (nSPS) is 15.4. The molecule has 1 aliphatic carbocycles. The van der Waals surface area contributed by atoms with Crippen LogP contribution in [0, 0.1) is 0 Å². The van der Waals surface area contributed by atoms with Gasteiger partial charge in [-0.05, 0) is 36.5 Å². The molecule has 1 saturated carbocycles. The molecule has 0 saturated heterocycles. The fourth-order valence-electron chi connectivity index (χ4n) is 2.82. The van der Waals surface area contributed by atoms with Crippen LogP contribution < -0.4 is 5.32 Å². The number of aromatic amines is 1. The summed E-state index contributed by atoms with van der Waals surface area (Å²) in [5, 5.41) is 9.47. The summed E-state index contributed by atoms with van der Waals surface area (Å²) in [6, 6.07) is 8.06. The van der Waals surface area contributed by atoms with Gasteiger partial charge in [-0.15, -0.1) is 0 Å². The number of H-pyrrole nitrogens is 1. The summed E-state index contributed by atoms with van der Waals surface area (Å²) in [6.07, 6.45) is 8.72. The summed E-state index contributed by atoms with van der Waals surface area (Å²) in [4.78, 5) is 12.0. The molecule has 3 rings (SSSR count). The molecule has 0 atom stereocenters. The Labute approximate surface area is 118 Å². The predicted octanol–water partition coefficient (Wildman–Crippen LogP) is 3.00. The molecule has 1 aliphatic rings. The van der Waals surface area contributed by atoms with E-state index >= 15 is 0 Å². The molecular weight excluding hydrogens is 250 g/mol. The van der Waals surface area contributed by atoms with E-state index in [9.17, 15) is 4.79 Å². The third-order valence-corrected chi connectivity index (χ3v) is 4.01. The molecule has 4 heteroatoms. The Bertz CT molecular complexity index is 554. The summed E-state index contributed by atoms with van der Waals surface area (Å²) in [7, 11) is 0. The van der Waals surface area contributed by atoms with Crippen molar-refractivity contribution in [2.75, 3.05) is 0 Å². The molecule has 0 bridgehead atoms. The number of benzene rings is 1. The van der Waals surface area contributed by atoms with Crippen LogP contribution in [0.3, 0.4) is 0 Å². The lowest BCUT2D eigenvalue weighted by atomic mass is 9.96. The first kappa shape index (κ1) is 12.9. The number of carbonyl (C=O) groups excluding carboxylic acids is 1. The number of hydrogen-bond donors (Lipinski definition) is 2. The third-order valence-electron chi connectivity index (χ3n) is 4.01. The van der Waals surface area contributed by atoms with E-state index < -0.39 is 0 Å². The standard InChI is InChI=1S/C16H19N3O/c20-16(17-9-12-10-18-19-11-12)15-7-5-14(6-8-15)13-3-1-2-4-13/h5-8,10-11,13H,1-4,9H2,(H,17,20)(H,18,19). The molecule has 0 unspecified atom stereocenters. The number of nitrogens with zero attached hydrogens (tertiary/aromatic N) is 1. The van der Waals surface area contributed by atoms with Crippen LogP contribution >= 0.6 is 0 Å². The van der Waals surface area contributed by atoms with E-state index in [4.69, 9.17) is 0 Å². The molecule has 1 aromatic carbocycles. The maximum absolute atomic E-state index is 12.0.